The molecule has 7 nitrogen and oxygen atoms in total. The lowest BCUT2D eigenvalue weighted by atomic mass is 10.1. The van der Waals surface area contributed by atoms with E-state index in [1.165, 1.54) is 43.9 Å². The number of halogens is 3. The maximum Gasteiger partial charge on any atom is 0.573 e. The fraction of sp³-hybridized carbons (Fsp3) is 0.312. The molecule has 0 radical (unpaired) electrons. The highest BCUT2D eigenvalue weighted by Crippen LogP contribution is 2.25. The van der Waals surface area contributed by atoms with E-state index >= 15 is 0 Å². The van der Waals surface area contributed by atoms with Crippen LogP contribution in [0.3, 0.4) is 0 Å². The van der Waals surface area contributed by atoms with Crippen LogP contribution in [0.25, 0.3) is 0 Å². The summed E-state index contributed by atoms with van der Waals surface area (Å²) >= 11 is 0. The third-order valence-corrected chi connectivity index (χ3v) is 3.35. The lowest BCUT2D eigenvalue weighted by Crippen LogP contribution is -2.32. The molecule has 0 aliphatic carbocycles. The van der Waals surface area contributed by atoms with Crippen LogP contribution in [0.15, 0.2) is 36.8 Å². The van der Waals surface area contributed by atoms with E-state index in [4.69, 9.17) is 4.74 Å². The molecule has 0 spiro atoms. The Hall–Kier alpha value is -2.88. The number of benzene rings is 1. The molecule has 2 rings (SSSR count). The van der Waals surface area contributed by atoms with Crippen LogP contribution in [-0.2, 0) is 4.74 Å². The van der Waals surface area contributed by atoms with Gasteiger partial charge in [-0.05, 0) is 17.7 Å². The van der Waals surface area contributed by atoms with Gasteiger partial charge in [0.25, 0.3) is 5.91 Å². The van der Waals surface area contributed by atoms with E-state index < -0.39 is 18.3 Å². The minimum absolute atomic E-state index is 0.116. The predicted octanol–water partition coefficient (Wildman–Crippen LogP) is 2.53. The van der Waals surface area contributed by atoms with E-state index in [0.29, 0.717) is 11.3 Å². The number of alkyl halides is 3. The smallest absolute Gasteiger partial charge is 0.406 e. The van der Waals surface area contributed by atoms with E-state index in [1.54, 1.807) is 7.05 Å². The number of methoxy groups -OCH3 is 1. The number of rotatable bonds is 7. The second-order valence-corrected chi connectivity index (χ2v) is 5.13. The van der Waals surface area contributed by atoms with Crippen molar-refractivity contribution in [3.8, 4) is 5.75 Å². The molecule has 1 aromatic heterocycles. The topological polar surface area (TPSA) is 85.4 Å². The van der Waals surface area contributed by atoms with Crippen LogP contribution >= 0.6 is 0 Å². The Kier molecular flexibility index (Phi) is 6.34. The first-order chi connectivity index (χ1) is 12.3. The Morgan fingerprint density at radius 3 is 2.54 bits per heavy atom. The van der Waals surface area contributed by atoms with E-state index in [1.807, 2.05) is 0 Å². The number of nitrogens with zero attached hydrogens (tertiary/aromatic N) is 2. The number of hydrogen-bond acceptors (Lipinski definition) is 6. The first kappa shape index (κ1) is 19.4. The summed E-state index contributed by atoms with van der Waals surface area (Å²) in [7, 11) is 3.07. The van der Waals surface area contributed by atoms with Crippen molar-refractivity contribution in [2.75, 3.05) is 26.1 Å². The van der Waals surface area contributed by atoms with Crippen LogP contribution in [0.5, 0.6) is 5.75 Å². The summed E-state index contributed by atoms with van der Waals surface area (Å²) in [5, 5.41) is 5.55. The first-order valence-corrected chi connectivity index (χ1v) is 7.47. The van der Waals surface area contributed by atoms with E-state index in [-0.39, 0.29) is 18.1 Å². The van der Waals surface area contributed by atoms with Crippen LogP contribution < -0.4 is 15.4 Å². The highest BCUT2D eigenvalue weighted by Gasteiger charge is 2.31. The molecule has 26 heavy (non-hydrogen) atoms. The molecule has 2 aromatic rings. The Bertz CT molecular complexity index is 738. The van der Waals surface area contributed by atoms with Crippen molar-refractivity contribution in [3.63, 3.8) is 0 Å². The van der Waals surface area contributed by atoms with Crippen LogP contribution in [0.1, 0.15) is 22.1 Å². The third kappa shape index (κ3) is 5.31. The number of amides is 1. The van der Waals surface area contributed by atoms with Crippen molar-refractivity contribution in [3.05, 3.63) is 48.0 Å². The fourth-order valence-corrected chi connectivity index (χ4v) is 2.21. The SMILES string of the molecule is CNc1cncnc1C(=O)NC(COC)c1ccc(OC(F)(F)F)cc1. The molecule has 1 aromatic carbocycles. The first-order valence-electron chi connectivity index (χ1n) is 7.47. The van der Waals surface area contributed by atoms with Gasteiger partial charge in [0.05, 0.1) is 24.5 Å². The Morgan fingerprint density at radius 1 is 1.27 bits per heavy atom. The summed E-state index contributed by atoms with van der Waals surface area (Å²) in [5.74, 6) is -0.827. The maximum absolute atomic E-state index is 12.5. The summed E-state index contributed by atoms with van der Waals surface area (Å²) in [6.07, 6.45) is -2.07. The van der Waals surface area contributed by atoms with E-state index in [2.05, 4.69) is 25.3 Å². The van der Waals surface area contributed by atoms with Crippen molar-refractivity contribution in [2.45, 2.75) is 12.4 Å². The molecule has 1 amide bonds. The molecule has 0 saturated heterocycles. The minimum Gasteiger partial charge on any atom is -0.406 e. The lowest BCUT2D eigenvalue weighted by molar-refractivity contribution is -0.274. The zero-order valence-corrected chi connectivity index (χ0v) is 14.0. The fourth-order valence-electron chi connectivity index (χ4n) is 2.21. The number of nitrogens with one attached hydrogen (secondary N) is 2. The monoisotopic (exact) mass is 370 g/mol. The third-order valence-electron chi connectivity index (χ3n) is 3.35. The summed E-state index contributed by atoms with van der Waals surface area (Å²) in [6, 6.07) is 4.59. The average molecular weight is 370 g/mol. The van der Waals surface area contributed by atoms with Gasteiger partial charge >= 0.3 is 6.36 Å². The highest BCUT2D eigenvalue weighted by molar-refractivity contribution is 5.97. The molecular weight excluding hydrogens is 353 g/mol. The Morgan fingerprint density at radius 2 is 1.96 bits per heavy atom. The van der Waals surface area contributed by atoms with Crippen molar-refractivity contribution in [1.29, 1.82) is 0 Å². The highest BCUT2D eigenvalue weighted by atomic mass is 19.4. The van der Waals surface area contributed by atoms with Gasteiger partial charge in [0.2, 0.25) is 0 Å². The summed E-state index contributed by atoms with van der Waals surface area (Å²) in [4.78, 5) is 20.2. The zero-order chi connectivity index (χ0) is 19.2. The Balaban J connectivity index is 2.16. The van der Waals surface area contributed by atoms with E-state index in [9.17, 15) is 18.0 Å². The second-order valence-electron chi connectivity index (χ2n) is 5.13. The molecule has 1 unspecified atom stereocenters. The number of anilines is 1. The van der Waals surface area contributed by atoms with Crippen molar-refractivity contribution in [1.82, 2.24) is 15.3 Å². The number of hydrogen-bond donors (Lipinski definition) is 2. The Labute approximate surface area is 147 Å². The predicted molar refractivity (Wildman–Crippen MR) is 86.8 cm³/mol. The summed E-state index contributed by atoms with van der Waals surface area (Å²) in [5.41, 5.74) is 1.13. The minimum atomic E-state index is -4.77. The average Bonchev–Trinajstić information content (AvgIpc) is 2.60. The lowest BCUT2D eigenvalue weighted by Gasteiger charge is -2.19. The summed E-state index contributed by atoms with van der Waals surface area (Å²) in [6.45, 7) is 0.116. The largest absolute Gasteiger partial charge is 0.573 e. The van der Waals surface area contributed by atoms with E-state index in [0.717, 1.165) is 0 Å². The summed E-state index contributed by atoms with van der Waals surface area (Å²) < 4.78 is 45.6. The van der Waals surface area contributed by atoms with Gasteiger partial charge in [-0.15, -0.1) is 13.2 Å². The standard InChI is InChI=1S/C16H17F3N4O3/c1-20-12-7-21-9-22-14(12)15(24)23-13(8-25-2)10-3-5-11(6-4-10)26-16(17,18)19/h3-7,9,13,20H,8H2,1-2H3,(H,23,24). The molecule has 10 heteroatoms. The van der Waals surface area contributed by atoms with Crippen LogP contribution in [0.2, 0.25) is 0 Å². The molecule has 0 saturated carbocycles. The number of carbonyl (C=O) groups is 1. The molecular formula is C16H17F3N4O3. The van der Waals surface area contributed by atoms with Crippen molar-refractivity contribution >= 4 is 11.6 Å². The van der Waals surface area contributed by atoms with Gasteiger partial charge in [-0.1, -0.05) is 12.1 Å². The second kappa shape index (κ2) is 8.48. The number of carbonyl (C=O) groups excluding carboxylic acids is 1. The zero-order valence-electron chi connectivity index (χ0n) is 14.0. The van der Waals surface area contributed by atoms with Crippen LogP contribution in [0.4, 0.5) is 18.9 Å². The normalized spacial score (nSPS) is 12.3. The van der Waals surface area contributed by atoms with Crippen LogP contribution in [0, 0.1) is 0 Å². The molecule has 0 fully saturated rings. The van der Waals surface area contributed by atoms with Gasteiger partial charge in [-0.2, -0.15) is 0 Å². The molecule has 140 valence electrons. The number of ether oxygens (including phenoxy) is 2. The molecule has 2 N–H and O–H groups in total. The van der Waals surface area contributed by atoms with Gasteiger partial charge < -0.3 is 20.1 Å². The van der Waals surface area contributed by atoms with Crippen LogP contribution in [-0.4, -0.2) is 43.0 Å². The van der Waals surface area contributed by atoms with Gasteiger partial charge in [0.15, 0.2) is 5.69 Å². The van der Waals surface area contributed by atoms with Gasteiger partial charge in [0.1, 0.15) is 12.1 Å². The number of aromatic nitrogens is 2. The van der Waals surface area contributed by atoms with Crippen molar-refractivity contribution < 1.29 is 27.4 Å². The molecule has 0 bridgehead atoms. The molecule has 0 aliphatic heterocycles. The maximum atomic E-state index is 12.5. The quantitative estimate of drug-likeness (QED) is 0.779. The molecule has 1 atom stereocenters. The van der Waals surface area contributed by atoms with Gasteiger partial charge in [-0.3, -0.25) is 4.79 Å². The van der Waals surface area contributed by atoms with Gasteiger partial charge in [-0.25, -0.2) is 9.97 Å². The molecule has 0 aliphatic rings. The van der Waals surface area contributed by atoms with Gasteiger partial charge in [0, 0.05) is 14.2 Å². The van der Waals surface area contributed by atoms with Crippen molar-refractivity contribution in [2.24, 2.45) is 0 Å². The molecule has 1 heterocycles.